The van der Waals surface area contributed by atoms with Crippen LogP contribution in [0.5, 0.6) is 0 Å². The summed E-state index contributed by atoms with van der Waals surface area (Å²) in [6.45, 7) is 5.72. The van der Waals surface area contributed by atoms with Crippen molar-refractivity contribution in [2.45, 2.75) is 26.4 Å². The van der Waals surface area contributed by atoms with Gasteiger partial charge in [-0.25, -0.2) is 14.8 Å². The van der Waals surface area contributed by atoms with Crippen molar-refractivity contribution in [3.8, 4) is 0 Å². The fraction of sp³-hybridized carbons (Fsp3) is 0.417. The van der Waals surface area contributed by atoms with Crippen LogP contribution >= 0.6 is 0 Å². The summed E-state index contributed by atoms with van der Waals surface area (Å²) in [7, 11) is 0. The number of amides is 1. The standard InChI is InChI=1S/C12H19N5O2/c1-12(2,3)19-11(18)15-6-4-5-8-7-16-9(13)10(14)17-8/h4-5,7H,6H2,1-3H3,(H2,13,16)(H2,14,17)(H,15,18). The van der Waals surface area contributed by atoms with Crippen LogP contribution in [-0.4, -0.2) is 28.2 Å². The van der Waals surface area contributed by atoms with Crippen LogP contribution in [0, 0.1) is 0 Å². The SMILES string of the molecule is CC(C)(C)OC(=O)NCC=Cc1cnc(N)c(N)n1. The Balaban J connectivity index is 2.42. The number of carbonyl (C=O) groups excluding carboxylic acids is 1. The van der Waals surface area contributed by atoms with Gasteiger partial charge in [0.05, 0.1) is 11.9 Å². The number of alkyl carbamates (subject to hydrolysis) is 1. The molecule has 19 heavy (non-hydrogen) atoms. The molecule has 7 nitrogen and oxygen atoms in total. The molecule has 1 rings (SSSR count). The van der Waals surface area contributed by atoms with Crippen molar-refractivity contribution in [3.05, 3.63) is 18.0 Å². The molecule has 0 bridgehead atoms. The van der Waals surface area contributed by atoms with Crippen molar-refractivity contribution in [2.75, 3.05) is 18.0 Å². The Labute approximate surface area is 112 Å². The predicted octanol–water partition coefficient (Wildman–Crippen LogP) is 1.18. The average Bonchev–Trinajstić information content (AvgIpc) is 2.27. The molecule has 1 amide bonds. The van der Waals surface area contributed by atoms with Gasteiger partial charge in [-0.1, -0.05) is 6.08 Å². The lowest BCUT2D eigenvalue weighted by atomic mass is 10.2. The van der Waals surface area contributed by atoms with Crippen molar-refractivity contribution in [1.29, 1.82) is 0 Å². The molecule has 1 aromatic rings. The highest BCUT2D eigenvalue weighted by Gasteiger charge is 2.14. The quantitative estimate of drug-likeness (QED) is 0.755. The molecule has 0 radical (unpaired) electrons. The van der Waals surface area contributed by atoms with E-state index < -0.39 is 11.7 Å². The summed E-state index contributed by atoms with van der Waals surface area (Å²) in [4.78, 5) is 19.2. The van der Waals surface area contributed by atoms with E-state index in [0.29, 0.717) is 12.2 Å². The normalized spacial score (nSPS) is 11.5. The number of nitrogens with one attached hydrogen (secondary N) is 1. The van der Waals surface area contributed by atoms with Crippen LogP contribution in [0.15, 0.2) is 12.3 Å². The number of nitrogens with two attached hydrogens (primary N) is 2. The van der Waals surface area contributed by atoms with Gasteiger partial charge in [-0.05, 0) is 26.8 Å². The molecule has 0 atom stereocenters. The number of aromatic nitrogens is 2. The highest BCUT2D eigenvalue weighted by atomic mass is 16.6. The molecule has 0 spiro atoms. The Kier molecular flexibility index (Phi) is 4.68. The number of nitrogens with zero attached hydrogens (tertiary/aromatic N) is 2. The number of carbonyl (C=O) groups is 1. The number of anilines is 2. The molecule has 0 aromatic carbocycles. The number of nitrogen functional groups attached to an aromatic ring is 2. The van der Waals surface area contributed by atoms with E-state index in [2.05, 4.69) is 15.3 Å². The second kappa shape index (κ2) is 6.03. The zero-order valence-corrected chi connectivity index (χ0v) is 11.3. The molecule has 7 heteroatoms. The molecule has 0 saturated heterocycles. The third-order valence-electron chi connectivity index (χ3n) is 1.90. The van der Waals surface area contributed by atoms with Gasteiger partial charge in [0.25, 0.3) is 0 Å². The number of hydrogen-bond donors (Lipinski definition) is 3. The molecule has 0 aliphatic carbocycles. The Morgan fingerprint density at radius 2 is 2.11 bits per heavy atom. The first kappa shape index (κ1) is 14.7. The Hall–Kier alpha value is -2.31. The molecule has 0 aliphatic heterocycles. The minimum atomic E-state index is -0.509. The van der Waals surface area contributed by atoms with E-state index in [0.717, 1.165) is 0 Å². The lowest BCUT2D eigenvalue weighted by Gasteiger charge is -2.19. The fourth-order valence-corrected chi connectivity index (χ4v) is 1.14. The summed E-state index contributed by atoms with van der Waals surface area (Å²) >= 11 is 0. The van der Waals surface area contributed by atoms with Gasteiger partial charge in [0.2, 0.25) is 0 Å². The lowest BCUT2D eigenvalue weighted by Crippen LogP contribution is -2.32. The summed E-state index contributed by atoms with van der Waals surface area (Å²) in [5.41, 5.74) is 11.0. The summed E-state index contributed by atoms with van der Waals surface area (Å²) in [6, 6.07) is 0. The minimum absolute atomic E-state index is 0.183. The number of hydrogen-bond acceptors (Lipinski definition) is 6. The zero-order chi connectivity index (χ0) is 14.5. The number of rotatable bonds is 3. The van der Waals surface area contributed by atoms with E-state index in [4.69, 9.17) is 16.2 Å². The molecular weight excluding hydrogens is 246 g/mol. The van der Waals surface area contributed by atoms with Crippen LogP contribution in [-0.2, 0) is 4.74 Å². The van der Waals surface area contributed by atoms with Crippen molar-refractivity contribution in [2.24, 2.45) is 0 Å². The van der Waals surface area contributed by atoms with Gasteiger partial charge in [0.15, 0.2) is 11.6 Å². The maximum atomic E-state index is 11.3. The predicted molar refractivity (Wildman–Crippen MR) is 74.1 cm³/mol. The molecule has 1 aromatic heterocycles. The van der Waals surface area contributed by atoms with Gasteiger partial charge in [0.1, 0.15) is 5.60 Å². The first-order chi connectivity index (χ1) is 8.78. The zero-order valence-electron chi connectivity index (χ0n) is 11.3. The molecule has 1 heterocycles. The van der Waals surface area contributed by atoms with E-state index in [1.165, 1.54) is 6.20 Å². The van der Waals surface area contributed by atoms with Gasteiger partial charge < -0.3 is 21.5 Å². The van der Waals surface area contributed by atoms with Crippen LogP contribution in [0.25, 0.3) is 6.08 Å². The van der Waals surface area contributed by atoms with Crippen LogP contribution < -0.4 is 16.8 Å². The molecular formula is C12H19N5O2. The number of ether oxygens (including phenoxy) is 1. The van der Waals surface area contributed by atoms with E-state index in [-0.39, 0.29) is 11.6 Å². The van der Waals surface area contributed by atoms with E-state index >= 15 is 0 Å². The lowest BCUT2D eigenvalue weighted by molar-refractivity contribution is 0.0534. The fourth-order valence-electron chi connectivity index (χ4n) is 1.14. The average molecular weight is 265 g/mol. The summed E-state index contributed by atoms with van der Waals surface area (Å²) in [5, 5.41) is 2.58. The third-order valence-corrected chi connectivity index (χ3v) is 1.90. The Bertz CT molecular complexity index is 479. The highest BCUT2D eigenvalue weighted by Crippen LogP contribution is 2.08. The first-order valence-corrected chi connectivity index (χ1v) is 5.79. The second-order valence-electron chi connectivity index (χ2n) is 4.85. The molecule has 0 saturated carbocycles. The van der Waals surface area contributed by atoms with Crippen molar-refractivity contribution < 1.29 is 9.53 Å². The van der Waals surface area contributed by atoms with Gasteiger partial charge in [-0.15, -0.1) is 0 Å². The smallest absolute Gasteiger partial charge is 0.407 e. The second-order valence-corrected chi connectivity index (χ2v) is 4.85. The van der Waals surface area contributed by atoms with Crippen LogP contribution in [0.1, 0.15) is 26.5 Å². The van der Waals surface area contributed by atoms with Crippen LogP contribution in [0.3, 0.4) is 0 Å². The van der Waals surface area contributed by atoms with E-state index in [1.54, 1.807) is 32.9 Å². The minimum Gasteiger partial charge on any atom is -0.444 e. The van der Waals surface area contributed by atoms with Crippen molar-refractivity contribution in [1.82, 2.24) is 15.3 Å². The first-order valence-electron chi connectivity index (χ1n) is 5.79. The summed E-state index contributed by atoms with van der Waals surface area (Å²) in [6.07, 6.45) is 4.42. The van der Waals surface area contributed by atoms with Crippen molar-refractivity contribution >= 4 is 23.8 Å². The van der Waals surface area contributed by atoms with Gasteiger partial charge >= 0.3 is 6.09 Å². The largest absolute Gasteiger partial charge is 0.444 e. The van der Waals surface area contributed by atoms with Crippen LogP contribution in [0.4, 0.5) is 16.4 Å². The maximum absolute atomic E-state index is 11.3. The van der Waals surface area contributed by atoms with Crippen LogP contribution in [0.2, 0.25) is 0 Å². The summed E-state index contributed by atoms with van der Waals surface area (Å²) < 4.78 is 5.08. The van der Waals surface area contributed by atoms with E-state index in [1.807, 2.05) is 0 Å². The van der Waals surface area contributed by atoms with Gasteiger partial charge in [-0.3, -0.25) is 0 Å². The molecule has 5 N–H and O–H groups in total. The Morgan fingerprint density at radius 1 is 1.42 bits per heavy atom. The molecule has 0 aliphatic rings. The molecule has 0 fully saturated rings. The molecule has 104 valence electrons. The summed E-state index contributed by atoms with van der Waals surface area (Å²) in [5.74, 6) is 0.381. The van der Waals surface area contributed by atoms with Gasteiger partial charge in [-0.2, -0.15) is 0 Å². The topological polar surface area (TPSA) is 116 Å². The molecule has 0 unspecified atom stereocenters. The van der Waals surface area contributed by atoms with Gasteiger partial charge in [0, 0.05) is 6.54 Å². The Morgan fingerprint density at radius 3 is 2.68 bits per heavy atom. The maximum Gasteiger partial charge on any atom is 0.407 e. The van der Waals surface area contributed by atoms with E-state index in [9.17, 15) is 4.79 Å². The third kappa shape index (κ3) is 5.71. The highest BCUT2D eigenvalue weighted by molar-refractivity contribution is 5.68. The monoisotopic (exact) mass is 265 g/mol. The van der Waals surface area contributed by atoms with Crippen molar-refractivity contribution in [3.63, 3.8) is 0 Å².